The first-order valence-corrected chi connectivity index (χ1v) is 15.7. The van der Waals surface area contributed by atoms with E-state index >= 15 is 0 Å². The van der Waals surface area contributed by atoms with Gasteiger partial charge in [0.15, 0.2) is 0 Å². The number of amides is 2. The summed E-state index contributed by atoms with van der Waals surface area (Å²) in [6.45, 7) is 3.53. The average Bonchev–Trinajstić information content (AvgIpc) is 2.97. The minimum atomic E-state index is -3.93. The van der Waals surface area contributed by atoms with Gasteiger partial charge >= 0.3 is 0 Å². The van der Waals surface area contributed by atoms with Gasteiger partial charge in [0.1, 0.15) is 18.4 Å². The zero-order valence-electron chi connectivity index (χ0n) is 24.0. The number of hydrogen-bond acceptors (Lipinski definition) is 4. The number of rotatable bonds is 12. The van der Waals surface area contributed by atoms with Gasteiger partial charge in [-0.1, -0.05) is 98.8 Å². The molecule has 0 bridgehead atoms. The molecule has 9 heteroatoms. The maximum absolute atomic E-state index is 14.9. The van der Waals surface area contributed by atoms with Crippen molar-refractivity contribution >= 4 is 38.3 Å². The number of sulfonamides is 1. The molecule has 7 nitrogen and oxygen atoms in total. The topological polar surface area (TPSA) is 86.8 Å². The van der Waals surface area contributed by atoms with Crippen molar-refractivity contribution in [3.05, 3.63) is 114 Å². The second-order valence-corrected chi connectivity index (χ2v) is 12.6. The molecule has 0 aliphatic carbocycles. The van der Waals surface area contributed by atoms with E-state index in [9.17, 15) is 22.4 Å². The Kier molecular flexibility index (Phi) is 9.96. The monoisotopic (exact) mass is 589 g/mol. The Morgan fingerprint density at radius 3 is 2.19 bits per heavy atom. The normalized spacial score (nSPS) is 12.2. The van der Waals surface area contributed by atoms with Crippen LogP contribution >= 0.6 is 0 Å². The number of carbonyl (C=O) groups is 2. The van der Waals surface area contributed by atoms with Crippen molar-refractivity contribution in [2.24, 2.45) is 5.92 Å². The number of hydrogen-bond donors (Lipinski definition) is 1. The number of fused-ring (bicyclic) bond motifs is 1. The summed E-state index contributed by atoms with van der Waals surface area (Å²) in [5.74, 6) is -1.38. The van der Waals surface area contributed by atoms with Crippen LogP contribution in [0.4, 0.5) is 10.1 Å². The molecule has 4 rings (SSSR count). The van der Waals surface area contributed by atoms with Crippen molar-refractivity contribution in [1.82, 2.24) is 10.2 Å². The van der Waals surface area contributed by atoms with Crippen molar-refractivity contribution in [2.45, 2.75) is 32.9 Å². The molecule has 0 radical (unpaired) electrons. The van der Waals surface area contributed by atoms with E-state index in [1.54, 1.807) is 42.5 Å². The third-order valence-electron chi connectivity index (χ3n) is 6.97. The van der Waals surface area contributed by atoms with Crippen molar-refractivity contribution in [3.63, 3.8) is 0 Å². The number of halogens is 1. The fourth-order valence-electron chi connectivity index (χ4n) is 4.81. The van der Waals surface area contributed by atoms with E-state index in [2.05, 4.69) is 5.32 Å². The molecule has 0 heterocycles. The lowest BCUT2D eigenvalue weighted by atomic mass is 10.0. The van der Waals surface area contributed by atoms with Crippen LogP contribution < -0.4 is 9.62 Å². The van der Waals surface area contributed by atoms with Crippen LogP contribution in [0.5, 0.6) is 0 Å². The SMILES string of the molecule is CC(C)CNC(=O)C(Cc1ccccc1)N(Cc1ccccc1F)C(=O)CN(c1cccc2ccccc12)S(C)(=O)=O. The summed E-state index contributed by atoms with van der Waals surface area (Å²) < 4.78 is 42.2. The Bertz CT molecular complexity index is 1640. The largest absolute Gasteiger partial charge is 0.354 e. The minimum Gasteiger partial charge on any atom is -0.354 e. The molecular weight excluding hydrogens is 553 g/mol. The third kappa shape index (κ3) is 7.73. The van der Waals surface area contributed by atoms with Gasteiger partial charge in [-0.2, -0.15) is 0 Å². The Hall–Kier alpha value is -4.24. The van der Waals surface area contributed by atoms with Crippen LogP contribution in [0.25, 0.3) is 10.8 Å². The summed E-state index contributed by atoms with van der Waals surface area (Å²) in [6.07, 6.45) is 1.21. The minimum absolute atomic E-state index is 0.161. The molecule has 42 heavy (non-hydrogen) atoms. The van der Waals surface area contributed by atoms with E-state index in [0.29, 0.717) is 17.6 Å². The van der Waals surface area contributed by atoms with Crippen molar-refractivity contribution in [2.75, 3.05) is 23.7 Å². The number of carbonyl (C=O) groups excluding carboxylic acids is 2. The Balaban J connectivity index is 1.78. The first-order valence-electron chi connectivity index (χ1n) is 13.8. The fourth-order valence-corrected chi connectivity index (χ4v) is 5.67. The molecule has 0 saturated heterocycles. The standard InChI is InChI=1S/C33H36FN3O4S/c1-24(2)21-35-33(39)31(20-25-12-5-4-6-13-25)36(22-27-15-8-10-18-29(27)34)32(38)23-37(42(3,40)41)30-19-11-16-26-14-7-9-17-28(26)30/h4-19,24,31H,20-23H2,1-3H3,(H,35,39). The first-order chi connectivity index (χ1) is 20.0. The molecule has 4 aromatic carbocycles. The van der Waals surface area contributed by atoms with Crippen LogP contribution in [0.3, 0.4) is 0 Å². The maximum Gasteiger partial charge on any atom is 0.244 e. The van der Waals surface area contributed by atoms with Crippen LogP contribution in [0, 0.1) is 11.7 Å². The Morgan fingerprint density at radius 1 is 0.857 bits per heavy atom. The third-order valence-corrected chi connectivity index (χ3v) is 8.10. The quantitative estimate of drug-likeness (QED) is 0.248. The summed E-state index contributed by atoms with van der Waals surface area (Å²) in [5, 5.41) is 4.39. The number of anilines is 1. The van der Waals surface area contributed by atoms with Gasteiger partial charge in [-0.3, -0.25) is 13.9 Å². The van der Waals surface area contributed by atoms with Crippen LogP contribution in [0.1, 0.15) is 25.0 Å². The predicted octanol–water partition coefficient (Wildman–Crippen LogP) is 5.16. The molecule has 1 atom stereocenters. The lowest BCUT2D eigenvalue weighted by Crippen LogP contribution is -2.53. The highest BCUT2D eigenvalue weighted by Crippen LogP contribution is 2.29. The molecule has 0 aromatic heterocycles. The number of benzene rings is 4. The molecule has 2 amide bonds. The molecule has 0 saturated carbocycles. The van der Waals surface area contributed by atoms with Gasteiger partial charge in [-0.05, 0) is 29.0 Å². The summed E-state index contributed by atoms with van der Waals surface area (Å²) in [5.41, 5.74) is 1.37. The van der Waals surface area contributed by atoms with Gasteiger partial charge in [-0.25, -0.2) is 12.8 Å². The maximum atomic E-state index is 14.9. The van der Waals surface area contributed by atoms with Gasteiger partial charge in [0.05, 0.1) is 11.9 Å². The van der Waals surface area contributed by atoms with Crippen LogP contribution in [0.2, 0.25) is 0 Å². The smallest absolute Gasteiger partial charge is 0.244 e. The van der Waals surface area contributed by atoms with Crippen LogP contribution in [0.15, 0.2) is 97.1 Å². The van der Waals surface area contributed by atoms with E-state index in [4.69, 9.17) is 0 Å². The average molecular weight is 590 g/mol. The highest BCUT2D eigenvalue weighted by atomic mass is 32.2. The highest BCUT2D eigenvalue weighted by Gasteiger charge is 2.33. The van der Waals surface area contributed by atoms with Crippen molar-refractivity contribution < 1.29 is 22.4 Å². The second-order valence-electron chi connectivity index (χ2n) is 10.7. The Morgan fingerprint density at radius 2 is 1.50 bits per heavy atom. The highest BCUT2D eigenvalue weighted by molar-refractivity contribution is 7.92. The fraction of sp³-hybridized carbons (Fsp3) is 0.273. The molecule has 4 aromatic rings. The molecular formula is C33H36FN3O4S. The van der Waals surface area contributed by atoms with Gasteiger partial charge in [0.25, 0.3) is 0 Å². The van der Waals surface area contributed by atoms with E-state index in [1.165, 1.54) is 11.0 Å². The van der Waals surface area contributed by atoms with E-state index in [1.807, 2.05) is 62.4 Å². The molecule has 220 valence electrons. The Labute approximate surface area is 247 Å². The van der Waals surface area contributed by atoms with E-state index in [-0.39, 0.29) is 24.4 Å². The molecule has 0 fully saturated rings. The number of nitrogens with one attached hydrogen (secondary N) is 1. The lowest BCUT2D eigenvalue weighted by molar-refractivity contribution is -0.140. The summed E-state index contributed by atoms with van der Waals surface area (Å²) >= 11 is 0. The lowest BCUT2D eigenvalue weighted by Gasteiger charge is -2.34. The van der Waals surface area contributed by atoms with Crippen LogP contribution in [-0.4, -0.2) is 50.5 Å². The zero-order chi connectivity index (χ0) is 30.3. The number of nitrogens with zero attached hydrogens (tertiary/aromatic N) is 2. The van der Waals surface area contributed by atoms with Gasteiger partial charge in [0, 0.05) is 30.5 Å². The molecule has 0 aliphatic heterocycles. The van der Waals surface area contributed by atoms with Crippen molar-refractivity contribution in [3.8, 4) is 0 Å². The zero-order valence-corrected chi connectivity index (χ0v) is 24.9. The molecule has 1 N–H and O–H groups in total. The summed E-state index contributed by atoms with van der Waals surface area (Å²) in [4.78, 5) is 29.2. The van der Waals surface area contributed by atoms with E-state index < -0.39 is 40.2 Å². The molecule has 0 aliphatic rings. The second kappa shape index (κ2) is 13.6. The van der Waals surface area contributed by atoms with Gasteiger partial charge in [-0.15, -0.1) is 0 Å². The summed E-state index contributed by atoms with van der Waals surface area (Å²) in [7, 11) is -3.93. The molecule has 0 spiro atoms. The van der Waals surface area contributed by atoms with Crippen molar-refractivity contribution in [1.29, 1.82) is 0 Å². The van der Waals surface area contributed by atoms with Crippen LogP contribution in [-0.2, 0) is 32.6 Å². The first kappa shape index (κ1) is 30.7. The molecule has 1 unspecified atom stereocenters. The van der Waals surface area contributed by atoms with Gasteiger partial charge in [0.2, 0.25) is 21.8 Å². The summed E-state index contributed by atoms with van der Waals surface area (Å²) in [6, 6.07) is 26.8. The van der Waals surface area contributed by atoms with E-state index in [0.717, 1.165) is 21.5 Å². The predicted molar refractivity (Wildman–Crippen MR) is 165 cm³/mol. The van der Waals surface area contributed by atoms with Gasteiger partial charge < -0.3 is 10.2 Å².